The molecule has 0 unspecified atom stereocenters. The first-order chi connectivity index (χ1) is 10.0. The fourth-order valence-electron chi connectivity index (χ4n) is 1.71. The number of hydrogen-bond donors (Lipinski definition) is 0. The van der Waals surface area contributed by atoms with Gasteiger partial charge in [0, 0.05) is 11.6 Å². The molecule has 0 N–H and O–H groups in total. The van der Waals surface area contributed by atoms with Crippen molar-refractivity contribution in [3.63, 3.8) is 0 Å². The summed E-state index contributed by atoms with van der Waals surface area (Å²) >= 11 is 0. The zero-order valence-electron chi connectivity index (χ0n) is 13.1. The van der Waals surface area contributed by atoms with Gasteiger partial charge in [-0.2, -0.15) is 0 Å². The minimum atomic E-state index is -0.388. The highest BCUT2D eigenvalue weighted by Gasteiger charge is 2.14. The molecule has 21 heavy (non-hydrogen) atoms. The van der Waals surface area contributed by atoms with E-state index >= 15 is 0 Å². The number of methoxy groups -OCH3 is 3. The Morgan fingerprint density at radius 3 is 2.29 bits per heavy atom. The van der Waals surface area contributed by atoms with Gasteiger partial charge in [0.2, 0.25) is 5.75 Å². The molecule has 0 spiro atoms. The Balaban J connectivity index is 2.95. The Morgan fingerprint density at radius 2 is 1.76 bits per heavy atom. The molecule has 116 valence electrons. The van der Waals surface area contributed by atoms with Crippen LogP contribution in [-0.4, -0.2) is 33.9 Å². The molecule has 5 nitrogen and oxygen atoms in total. The lowest BCUT2D eigenvalue weighted by Gasteiger charge is -2.13. The van der Waals surface area contributed by atoms with Crippen molar-refractivity contribution in [2.24, 2.45) is 5.92 Å². The lowest BCUT2D eigenvalue weighted by Crippen LogP contribution is -2.07. The summed E-state index contributed by atoms with van der Waals surface area (Å²) in [6, 6.07) is 3.53. The standard InChI is InChI=1S/C16H22O5/c1-11(2)10-21-14(17)9-7-12-6-8-13(18-3)16(20-5)15(12)19-4/h6-9,11H,10H2,1-5H3/b9-7+. The Hall–Kier alpha value is -2.17. The topological polar surface area (TPSA) is 54.0 Å². The first-order valence-corrected chi connectivity index (χ1v) is 6.67. The van der Waals surface area contributed by atoms with E-state index < -0.39 is 0 Å². The van der Waals surface area contributed by atoms with Gasteiger partial charge in [0.1, 0.15) is 0 Å². The number of carbonyl (C=O) groups is 1. The Bertz CT molecular complexity index is 506. The predicted molar refractivity (Wildman–Crippen MR) is 80.9 cm³/mol. The van der Waals surface area contributed by atoms with Gasteiger partial charge in [0.25, 0.3) is 0 Å². The van der Waals surface area contributed by atoms with Gasteiger partial charge >= 0.3 is 5.97 Å². The Labute approximate surface area is 125 Å². The zero-order valence-corrected chi connectivity index (χ0v) is 13.1. The number of carbonyl (C=O) groups excluding carboxylic acids is 1. The SMILES string of the molecule is COc1ccc(/C=C/C(=O)OCC(C)C)c(OC)c1OC. The lowest BCUT2D eigenvalue weighted by molar-refractivity contribution is -0.138. The van der Waals surface area contributed by atoms with E-state index in [1.165, 1.54) is 20.3 Å². The molecule has 0 heterocycles. The van der Waals surface area contributed by atoms with Crippen molar-refractivity contribution in [2.45, 2.75) is 13.8 Å². The second-order valence-corrected chi connectivity index (χ2v) is 4.78. The predicted octanol–water partition coefficient (Wildman–Crippen LogP) is 2.92. The number of ether oxygens (including phenoxy) is 4. The highest BCUT2D eigenvalue weighted by molar-refractivity contribution is 5.88. The quantitative estimate of drug-likeness (QED) is 0.571. The highest BCUT2D eigenvalue weighted by atomic mass is 16.5. The van der Waals surface area contributed by atoms with Gasteiger partial charge in [-0.1, -0.05) is 13.8 Å². The molecule has 0 saturated heterocycles. The molecule has 1 aromatic carbocycles. The largest absolute Gasteiger partial charge is 0.493 e. The van der Waals surface area contributed by atoms with Crippen LogP contribution in [0.15, 0.2) is 18.2 Å². The minimum Gasteiger partial charge on any atom is -0.493 e. The molecule has 0 amide bonds. The van der Waals surface area contributed by atoms with Crippen molar-refractivity contribution >= 4 is 12.0 Å². The van der Waals surface area contributed by atoms with Crippen molar-refractivity contribution in [1.29, 1.82) is 0 Å². The summed E-state index contributed by atoms with van der Waals surface area (Å²) in [5, 5.41) is 0. The van der Waals surface area contributed by atoms with Crippen LogP contribution in [0.2, 0.25) is 0 Å². The number of rotatable bonds is 7. The molecule has 5 heteroatoms. The first kappa shape index (κ1) is 16.9. The molecule has 0 saturated carbocycles. The fourth-order valence-corrected chi connectivity index (χ4v) is 1.71. The maximum atomic E-state index is 11.6. The van der Waals surface area contributed by atoms with E-state index in [4.69, 9.17) is 18.9 Å². The van der Waals surface area contributed by atoms with E-state index in [1.807, 2.05) is 13.8 Å². The number of hydrogen-bond acceptors (Lipinski definition) is 5. The van der Waals surface area contributed by atoms with E-state index in [9.17, 15) is 4.79 Å². The summed E-state index contributed by atoms with van der Waals surface area (Å²) in [4.78, 5) is 11.6. The van der Waals surface area contributed by atoms with E-state index in [0.29, 0.717) is 35.3 Å². The molecular formula is C16H22O5. The van der Waals surface area contributed by atoms with Crippen LogP contribution in [0.5, 0.6) is 17.2 Å². The molecular weight excluding hydrogens is 272 g/mol. The molecule has 0 aromatic heterocycles. The Morgan fingerprint density at radius 1 is 1.10 bits per heavy atom. The average molecular weight is 294 g/mol. The first-order valence-electron chi connectivity index (χ1n) is 6.67. The van der Waals surface area contributed by atoms with Crippen molar-refractivity contribution in [3.05, 3.63) is 23.8 Å². The number of benzene rings is 1. The van der Waals surface area contributed by atoms with E-state index in [1.54, 1.807) is 25.3 Å². The minimum absolute atomic E-state index is 0.304. The zero-order chi connectivity index (χ0) is 15.8. The Kier molecular flexibility index (Phi) is 6.59. The molecule has 0 radical (unpaired) electrons. The summed E-state index contributed by atoms with van der Waals surface area (Å²) in [5.74, 6) is 1.47. The highest BCUT2D eigenvalue weighted by Crippen LogP contribution is 2.40. The third-order valence-corrected chi connectivity index (χ3v) is 2.69. The van der Waals surface area contributed by atoms with Gasteiger partial charge in [-0.05, 0) is 24.1 Å². The fraction of sp³-hybridized carbons (Fsp3) is 0.438. The van der Waals surface area contributed by atoms with Gasteiger partial charge in [0.05, 0.1) is 27.9 Å². The molecule has 0 atom stereocenters. The van der Waals surface area contributed by atoms with Crippen LogP contribution in [0.25, 0.3) is 6.08 Å². The van der Waals surface area contributed by atoms with Gasteiger partial charge in [0.15, 0.2) is 11.5 Å². The van der Waals surface area contributed by atoms with E-state index in [2.05, 4.69) is 0 Å². The van der Waals surface area contributed by atoms with E-state index in [0.717, 1.165) is 0 Å². The van der Waals surface area contributed by atoms with Crippen LogP contribution < -0.4 is 14.2 Å². The van der Waals surface area contributed by atoms with Crippen LogP contribution in [0.4, 0.5) is 0 Å². The van der Waals surface area contributed by atoms with Crippen molar-refractivity contribution < 1.29 is 23.7 Å². The van der Waals surface area contributed by atoms with Crippen LogP contribution >= 0.6 is 0 Å². The molecule has 0 aliphatic rings. The van der Waals surface area contributed by atoms with Crippen molar-refractivity contribution in [1.82, 2.24) is 0 Å². The number of esters is 1. The maximum absolute atomic E-state index is 11.6. The van der Waals surface area contributed by atoms with Crippen LogP contribution in [0.3, 0.4) is 0 Å². The van der Waals surface area contributed by atoms with Gasteiger partial charge in [-0.25, -0.2) is 4.79 Å². The normalized spacial score (nSPS) is 10.8. The third kappa shape index (κ3) is 4.70. The van der Waals surface area contributed by atoms with Crippen molar-refractivity contribution in [3.8, 4) is 17.2 Å². The monoisotopic (exact) mass is 294 g/mol. The van der Waals surface area contributed by atoms with Crippen LogP contribution in [0, 0.1) is 5.92 Å². The second-order valence-electron chi connectivity index (χ2n) is 4.78. The third-order valence-electron chi connectivity index (χ3n) is 2.69. The summed E-state index contributed by atoms with van der Waals surface area (Å²) in [5.41, 5.74) is 0.705. The summed E-state index contributed by atoms with van der Waals surface area (Å²) < 4.78 is 20.9. The van der Waals surface area contributed by atoms with Crippen LogP contribution in [-0.2, 0) is 9.53 Å². The van der Waals surface area contributed by atoms with Crippen molar-refractivity contribution in [2.75, 3.05) is 27.9 Å². The van der Waals surface area contributed by atoms with Gasteiger partial charge in [-0.15, -0.1) is 0 Å². The van der Waals surface area contributed by atoms with Crippen LogP contribution in [0.1, 0.15) is 19.4 Å². The molecule has 1 aromatic rings. The molecule has 0 bridgehead atoms. The smallest absolute Gasteiger partial charge is 0.330 e. The summed E-state index contributed by atoms with van der Waals surface area (Å²) in [6.45, 7) is 4.36. The second kappa shape index (κ2) is 8.19. The maximum Gasteiger partial charge on any atom is 0.330 e. The lowest BCUT2D eigenvalue weighted by atomic mass is 10.1. The molecule has 1 rings (SSSR count). The summed E-state index contributed by atoms with van der Waals surface area (Å²) in [6.07, 6.45) is 3.00. The van der Waals surface area contributed by atoms with E-state index in [-0.39, 0.29) is 5.97 Å². The molecule has 0 aliphatic heterocycles. The molecule has 0 aliphatic carbocycles. The average Bonchev–Trinajstić information content (AvgIpc) is 2.49. The van der Waals surface area contributed by atoms with Gasteiger partial charge < -0.3 is 18.9 Å². The summed E-state index contributed by atoms with van der Waals surface area (Å²) in [7, 11) is 4.62. The molecule has 0 fully saturated rings. The van der Waals surface area contributed by atoms with Gasteiger partial charge in [-0.3, -0.25) is 0 Å².